The average molecular weight is 455 g/mol. The SMILES string of the molecule is COc1ccc(Cl)c2c(=O)c(C(=O)Nc3cc(Cl)ccc3Oc3ccccc3)c[nH]c12. The number of ether oxygens (including phenoxy) is 2. The molecule has 6 nitrogen and oxygen atoms in total. The maximum Gasteiger partial charge on any atom is 0.261 e. The van der Waals surface area contributed by atoms with E-state index in [1.54, 1.807) is 42.5 Å². The van der Waals surface area contributed by atoms with Gasteiger partial charge >= 0.3 is 0 Å². The van der Waals surface area contributed by atoms with E-state index in [1.807, 2.05) is 18.2 Å². The minimum Gasteiger partial charge on any atom is -0.495 e. The Hall–Kier alpha value is -3.48. The Bertz CT molecular complexity index is 1340. The zero-order chi connectivity index (χ0) is 22.0. The van der Waals surface area contributed by atoms with Gasteiger partial charge < -0.3 is 19.8 Å². The fourth-order valence-electron chi connectivity index (χ4n) is 3.10. The number of rotatable bonds is 5. The number of halogens is 2. The molecule has 1 aromatic heterocycles. The van der Waals surface area contributed by atoms with Crippen LogP contribution in [0, 0.1) is 0 Å². The van der Waals surface area contributed by atoms with Crippen LogP contribution in [0.1, 0.15) is 10.4 Å². The van der Waals surface area contributed by atoms with Crippen LogP contribution >= 0.6 is 23.2 Å². The van der Waals surface area contributed by atoms with Crippen molar-refractivity contribution in [2.24, 2.45) is 0 Å². The Morgan fingerprint density at radius 1 is 1.00 bits per heavy atom. The quantitative estimate of drug-likeness (QED) is 0.394. The minimum atomic E-state index is -0.637. The predicted molar refractivity (Wildman–Crippen MR) is 122 cm³/mol. The fourth-order valence-corrected chi connectivity index (χ4v) is 3.52. The van der Waals surface area contributed by atoms with Crippen molar-refractivity contribution in [3.8, 4) is 17.2 Å². The van der Waals surface area contributed by atoms with Crippen molar-refractivity contribution in [2.75, 3.05) is 12.4 Å². The molecule has 0 radical (unpaired) electrons. The molecule has 0 bridgehead atoms. The number of methoxy groups -OCH3 is 1. The molecule has 0 aliphatic carbocycles. The van der Waals surface area contributed by atoms with Crippen molar-refractivity contribution in [1.29, 1.82) is 0 Å². The monoisotopic (exact) mass is 454 g/mol. The van der Waals surface area contributed by atoms with Crippen molar-refractivity contribution in [3.63, 3.8) is 0 Å². The summed E-state index contributed by atoms with van der Waals surface area (Å²) in [6, 6.07) is 17.1. The number of hydrogen-bond donors (Lipinski definition) is 2. The molecule has 1 amide bonds. The second-order valence-electron chi connectivity index (χ2n) is 6.54. The Morgan fingerprint density at radius 2 is 1.74 bits per heavy atom. The maximum absolute atomic E-state index is 13.0. The summed E-state index contributed by atoms with van der Waals surface area (Å²) in [6.45, 7) is 0. The highest BCUT2D eigenvalue weighted by Crippen LogP contribution is 2.32. The smallest absolute Gasteiger partial charge is 0.261 e. The van der Waals surface area contributed by atoms with E-state index in [1.165, 1.54) is 13.3 Å². The van der Waals surface area contributed by atoms with Crippen LogP contribution in [0.3, 0.4) is 0 Å². The molecular formula is C23H16Cl2N2O4. The number of amides is 1. The summed E-state index contributed by atoms with van der Waals surface area (Å²) in [5.41, 5.74) is 0.0843. The van der Waals surface area contributed by atoms with Crippen molar-refractivity contribution in [3.05, 3.63) is 92.7 Å². The van der Waals surface area contributed by atoms with E-state index in [4.69, 9.17) is 32.7 Å². The number of nitrogens with one attached hydrogen (secondary N) is 2. The van der Waals surface area contributed by atoms with Crippen LogP contribution in [0.5, 0.6) is 17.2 Å². The third-order valence-electron chi connectivity index (χ3n) is 4.57. The molecule has 0 fully saturated rings. The lowest BCUT2D eigenvalue weighted by molar-refractivity contribution is 0.102. The largest absolute Gasteiger partial charge is 0.495 e. The van der Waals surface area contributed by atoms with Gasteiger partial charge in [-0.3, -0.25) is 9.59 Å². The number of H-pyrrole nitrogens is 1. The molecule has 4 aromatic rings. The van der Waals surface area contributed by atoms with Gasteiger partial charge in [0, 0.05) is 11.2 Å². The summed E-state index contributed by atoms with van der Waals surface area (Å²) in [4.78, 5) is 28.9. The Kier molecular flexibility index (Phi) is 5.84. The number of benzene rings is 3. The molecule has 1 heterocycles. The zero-order valence-corrected chi connectivity index (χ0v) is 17.8. The number of pyridine rings is 1. The van der Waals surface area contributed by atoms with E-state index in [0.29, 0.717) is 33.5 Å². The van der Waals surface area contributed by atoms with E-state index in [-0.39, 0.29) is 16.0 Å². The molecule has 4 rings (SSSR count). The van der Waals surface area contributed by atoms with E-state index < -0.39 is 11.3 Å². The molecule has 0 saturated heterocycles. The fraction of sp³-hybridized carbons (Fsp3) is 0.0435. The first-order valence-electron chi connectivity index (χ1n) is 9.19. The van der Waals surface area contributed by atoms with Gasteiger partial charge in [-0.05, 0) is 42.5 Å². The summed E-state index contributed by atoms with van der Waals surface area (Å²) in [7, 11) is 1.48. The van der Waals surface area contributed by atoms with E-state index in [0.717, 1.165) is 0 Å². The van der Waals surface area contributed by atoms with Crippen LogP contribution in [0.25, 0.3) is 10.9 Å². The summed E-state index contributed by atoms with van der Waals surface area (Å²) in [5, 5.41) is 3.48. The lowest BCUT2D eigenvalue weighted by atomic mass is 10.1. The summed E-state index contributed by atoms with van der Waals surface area (Å²) < 4.78 is 11.1. The number of hydrogen-bond acceptors (Lipinski definition) is 4. The Labute approximate surface area is 187 Å². The lowest BCUT2D eigenvalue weighted by Gasteiger charge is -2.13. The molecule has 0 spiro atoms. The molecule has 3 aromatic carbocycles. The Balaban J connectivity index is 1.71. The normalized spacial score (nSPS) is 10.7. The van der Waals surface area contributed by atoms with Crippen molar-refractivity contribution < 1.29 is 14.3 Å². The predicted octanol–water partition coefficient (Wildman–Crippen LogP) is 5.89. The molecule has 31 heavy (non-hydrogen) atoms. The zero-order valence-electron chi connectivity index (χ0n) is 16.2. The number of carbonyl (C=O) groups excluding carboxylic acids is 1. The highest BCUT2D eigenvalue weighted by molar-refractivity contribution is 6.35. The average Bonchev–Trinajstić information content (AvgIpc) is 2.76. The highest BCUT2D eigenvalue weighted by Gasteiger charge is 2.19. The third kappa shape index (κ3) is 4.21. The van der Waals surface area contributed by atoms with Gasteiger partial charge in [-0.25, -0.2) is 0 Å². The maximum atomic E-state index is 13.0. The van der Waals surface area contributed by atoms with Crippen molar-refractivity contribution >= 4 is 45.7 Å². The van der Waals surface area contributed by atoms with E-state index in [9.17, 15) is 9.59 Å². The molecular weight excluding hydrogens is 439 g/mol. The van der Waals surface area contributed by atoms with Crippen LogP contribution in [0.15, 0.2) is 71.7 Å². The van der Waals surface area contributed by atoms with Gasteiger partial charge in [-0.15, -0.1) is 0 Å². The second-order valence-corrected chi connectivity index (χ2v) is 7.38. The number of aromatic amines is 1. The van der Waals surface area contributed by atoms with Crippen molar-refractivity contribution in [1.82, 2.24) is 4.98 Å². The van der Waals surface area contributed by atoms with Gasteiger partial charge in [0.25, 0.3) is 5.91 Å². The van der Waals surface area contributed by atoms with E-state index >= 15 is 0 Å². The van der Waals surface area contributed by atoms with Crippen molar-refractivity contribution in [2.45, 2.75) is 0 Å². The molecule has 0 atom stereocenters. The number of carbonyl (C=O) groups is 1. The minimum absolute atomic E-state index is 0.117. The summed E-state index contributed by atoms with van der Waals surface area (Å²) >= 11 is 12.3. The number of para-hydroxylation sites is 1. The second kappa shape index (κ2) is 8.71. The topological polar surface area (TPSA) is 80.4 Å². The lowest BCUT2D eigenvalue weighted by Crippen LogP contribution is -2.22. The van der Waals surface area contributed by atoms with E-state index in [2.05, 4.69) is 10.3 Å². The molecule has 0 aliphatic rings. The van der Waals surface area contributed by atoms with Gasteiger partial charge in [0.2, 0.25) is 5.43 Å². The van der Waals surface area contributed by atoms with Crippen LogP contribution in [-0.2, 0) is 0 Å². The van der Waals surface area contributed by atoms with Gasteiger partial charge in [-0.1, -0.05) is 41.4 Å². The van der Waals surface area contributed by atoms with Crippen LogP contribution in [0.4, 0.5) is 5.69 Å². The summed E-state index contributed by atoms with van der Waals surface area (Å²) in [5.74, 6) is 0.766. The van der Waals surface area contributed by atoms with Crippen LogP contribution < -0.4 is 20.2 Å². The van der Waals surface area contributed by atoms with Gasteiger partial charge in [-0.2, -0.15) is 0 Å². The third-order valence-corrected chi connectivity index (χ3v) is 5.12. The standard InChI is InChI=1S/C23H16Cl2N2O4/c1-30-19-10-8-16(25)20-21(19)26-12-15(22(20)28)23(29)27-17-11-13(24)7-9-18(17)31-14-5-3-2-4-6-14/h2-12H,1H3,(H,26,28)(H,27,29). The first kappa shape index (κ1) is 20.8. The van der Waals surface area contributed by atoms with Gasteiger partial charge in [0.05, 0.1) is 28.7 Å². The number of anilines is 1. The van der Waals surface area contributed by atoms with Crippen LogP contribution in [0.2, 0.25) is 10.0 Å². The summed E-state index contributed by atoms with van der Waals surface area (Å²) in [6.07, 6.45) is 1.32. The molecule has 2 N–H and O–H groups in total. The van der Waals surface area contributed by atoms with Gasteiger partial charge in [0.15, 0.2) is 5.75 Å². The number of aromatic nitrogens is 1. The van der Waals surface area contributed by atoms with Crippen LogP contribution in [-0.4, -0.2) is 18.0 Å². The molecule has 0 saturated carbocycles. The number of fused-ring (bicyclic) bond motifs is 1. The first-order chi connectivity index (χ1) is 15.0. The highest BCUT2D eigenvalue weighted by atomic mass is 35.5. The van der Waals surface area contributed by atoms with Gasteiger partial charge in [0.1, 0.15) is 17.1 Å². The first-order valence-corrected chi connectivity index (χ1v) is 9.95. The molecule has 0 unspecified atom stereocenters. The molecule has 0 aliphatic heterocycles. The Morgan fingerprint density at radius 3 is 2.48 bits per heavy atom. The molecule has 8 heteroatoms. The molecule has 156 valence electrons.